The standard InChI is InChI=1S/C14H15N3O2S2/c1-18-12-6-5-10(8-13(12)19-2)16-14(20)17-15-9-11-4-3-7-21-11/h3-9H,1-2H3,(H2,16,17,20)/b15-9-. The molecule has 1 heterocycles. The molecule has 0 atom stereocenters. The number of hydrogen-bond acceptors (Lipinski definition) is 5. The molecule has 5 nitrogen and oxygen atoms in total. The molecule has 0 aliphatic rings. The largest absolute Gasteiger partial charge is 0.493 e. The molecule has 1 aromatic carbocycles. The summed E-state index contributed by atoms with van der Waals surface area (Å²) in [5, 5.41) is 9.47. The van der Waals surface area contributed by atoms with Crippen molar-refractivity contribution in [1.82, 2.24) is 5.43 Å². The molecule has 0 aliphatic heterocycles. The first-order valence-corrected chi connectivity index (χ1v) is 7.37. The number of anilines is 1. The summed E-state index contributed by atoms with van der Waals surface area (Å²) < 4.78 is 10.4. The minimum atomic E-state index is 0.398. The second-order valence-electron chi connectivity index (χ2n) is 3.91. The average molecular weight is 321 g/mol. The number of ether oxygens (including phenoxy) is 2. The Kier molecular flexibility index (Phi) is 5.53. The normalized spacial score (nSPS) is 10.4. The number of benzene rings is 1. The van der Waals surface area contributed by atoms with Crippen molar-refractivity contribution in [2.75, 3.05) is 19.5 Å². The third kappa shape index (κ3) is 4.44. The molecule has 1 aromatic heterocycles. The molecule has 0 aliphatic carbocycles. The molecule has 21 heavy (non-hydrogen) atoms. The molecule has 2 rings (SSSR count). The summed E-state index contributed by atoms with van der Waals surface area (Å²) in [6.45, 7) is 0. The molecule has 0 spiro atoms. The van der Waals surface area contributed by atoms with Crippen molar-refractivity contribution in [3.8, 4) is 11.5 Å². The van der Waals surface area contributed by atoms with E-state index in [4.69, 9.17) is 21.7 Å². The molecule has 110 valence electrons. The zero-order valence-electron chi connectivity index (χ0n) is 11.6. The maximum atomic E-state index is 5.23. The van der Waals surface area contributed by atoms with Gasteiger partial charge in [-0.25, -0.2) is 0 Å². The van der Waals surface area contributed by atoms with Gasteiger partial charge in [0.05, 0.1) is 20.4 Å². The smallest absolute Gasteiger partial charge is 0.191 e. The molecule has 0 unspecified atom stereocenters. The first kappa shape index (κ1) is 15.3. The topological polar surface area (TPSA) is 54.9 Å². The van der Waals surface area contributed by atoms with Crippen molar-refractivity contribution < 1.29 is 9.47 Å². The SMILES string of the molecule is COc1ccc(NC(=S)N/N=C\c2cccs2)cc1OC. The van der Waals surface area contributed by atoms with Crippen molar-refractivity contribution in [2.24, 2.45) is 5.10 Å². The molecule has 0 amide bonds. The first-order chi connectivity index (χ1) is 10.2. The summed E-state index contributed by atoms with van der Waals surface area (Å²) in [7, 11) is 3.18. The van der Waals surface area contributed by atoms with Crippen LogP contribution < -0.4 is 20.2 Å². The van der Waals surface area contributed by atoms with Gasteiger partial charge in [-0.05, 0) is 35.8 Å². The molecule has 7 heteroatoms. The highest BCUT2D eigenvalue weighted by atomic mass is 32.1. The van der Waals surface area contributed by atoms with E-state index in [1.807, 2.05) is 23.6 Å². The molecule has 2 aromatic rings. The highest BCUT2D eigenvalue weighted by molar-refractivity contribution is 7.80. The van der Waals surface area contributed by atoms with E-state index in [2.05, 4.69) is 15.8 Å². The monoisotopic (exact) mass is 321 g/mol. The summed E-state index contributed by atoms with van der Waals surface area (Å²) in [6, 6.07) is 9.39. The number of thiophene rings is 1. The van der Waals surface area contributed by atoms with E-state index in [9.17, 15) is 0 Å². The summed E-state index contributed by atoms with van der Waals surface area (Å²) in [6.07, 6.45) is 1.72. The van der Waals surface area contributed by atoms with Crippen LogP contribution in [0.1, 0.15) is 4.88 Å². The van der Waals surface area contributed by atoms with Gasteiger partial charge in [0.1, 0.15) is 0 Å². The van der Waals surface area contributed by atoms with Crippen LogP contribution in [0.5, 0.6) is 11.5 Å². The molecule has 0 fully saturated rings. The molecular weight excluding hydrogens is 306 g/mol. The highest BCUT2D eigenvalue weighted by Gasteiger charge is 2.05. The minimum Gasteiger partial charge on any atom is -0.493 e. The Labute approximate surface area is 132 Å². The van der Waals surface area contributed by atoms with Crippen LogP contribution in [0.25, 0.3) is 0 Å². The maximum Gasteiger partial charge on any atom is 0.191 e. The lowest BCUT2D eigenvalue weighted by atomic mass is 10.3. The van der Waals surface area contributed by atoms with Crippen LogP contribution in [0, 0.1) is 0 Å². The van der Waals surface area contributed by atoms with Crippen molar-refractivity contribution >= 4 is 40.6 Å². The summed E-state index contributed by atoms with van der Waals surface area (Å²) in [4.78, 5) is 1.05. The van der Waals surface area contributed by atoms with Crippen LogP contribution >= 0.6 is 23.6 Å². The molecule has 2 N–H and O–H groups in total. The number of hydrogen-bond donors (Lipinski definition) is 2. The van der Waals surface area contributed by atoms with Gasteiger partial charge in [0, 0.05) is 16.6 Å². The van der Waals surface area contributed by atoms with Crippen molar-refractivity contribution in [1.29, 1.82) is 0 Å². The van der Waals surface area contributed by atoms with Gasteiger partial charge in [0.25, 0.3) is 0 Å². The van der Waals surface area contributed by atoms with Crippen molar-refractivity contribution in [2.45, 2.75) is 0 Å². The summed E-state index contributed by atoms with van der Waals surface area (Å²) in [5.74, 6) is 1.30. The number of thiocarbonyl (C=S) groups is 1. The van der Waals surface area contributed by atoms with Gasteiger partial charge < -0.3 is 14.8 Å². The van der Waals surface area contributed by atoms with Gasteiger partial charge in [-0.1, -0.05) is 6.07 Å². The number of nitrogens with zero attached hydrogens (tertiary/aromatic N) is 1. The second kappa shape index (κ2) is 7.61. The van der Waals surface area contributed by atoms with E-state index in [-0.39, 0.29) is 0 Å². The molecule has 0 saturated heterocycles. The molecule has 0 bridgehead atoms. The van der Waals surface area contributed by atoms with Gasteiger partial charge in [0.2, 0.25) is 0 Å². The zero-order valence-corrected chi connectivity index (χ0v) is 13.3. The Morgan fingerprint density at radius 2 is 2.05 bits per heavy atom. The van der Waals surface area contributed by atoms with E-state index < -0.39 is 0 Å². The molecule has 0 saturated carbocycles. The average Bonchev–Trinajstić information content (AvgIpc) is 3.00. The summed E-state index contributed by atoms with van der Waals surface area (Å²) >= 11 is 6.77. The van der Waals surface area contributed by atoms with Gasteiger partial charge >= 0.3 is 0 Å². The Balaban J connectivity index is 1.93. The fourth-order valence-electron chi connectivity index (χ4n) is 1.59. The van der Waals surface area contributed by atoms with Gasteiger partial charge in [-0.3, -0.25) is 5.43 Å². The minimum absolute atomic E-state index is 0.398. The first-order valence-electron chi connectivity index (χ1n) is 6.08. The van der Waals surface area contributed by atoms with Crippen LogP contribution in [0.4, 0.5) is 5.69 Å². The quantitative estimate of drug-likeness (QED) is 0.503. The highest BCUT2D eigenvalue weighted by Crippen LogP contribution is 2.29. The van der Waals surface area contributed by atoms with Crippen LogP contribution in [-0.4, -0.2) is 25.5 Å². The van der Waals surface area contributed by atoms with Crippen LogP contribution in [0.3, 0.4) is 0 Å². The Morgan fingerprint density at radius 1 is 1.24 bits per heavy atom. The van der Waals surface area contributed by atoms with Crippen LogP contribution in [0.15, 0.2) is 40.8 Å². The van der Waals surface area contributed by atoms with Gasteiger partial charge in [-0.15, -0.1) is 11.3 Å². The van der Waals surface area contributed by atoms with E-state index >= 15 is 0 Å². The number of rotatable bonds is 5. The van der Waals surface area contributed by atoms with Gasteiger partial charge in [0.15, 0.2) is 16.6 Å². The van der Waals surface area contributed by atoms with E-state index in [1.54, 1.807) is 43.9 Å². The van der Waals surface area contributed by atoms with Crippen molar-refractivity contribution in [3.05, 3.63) is 40.6 Å². The molecule has 0 radical (unpaired) electrons. The number of nitrogens with one attached hydrogen (secondary N) is 2. The lowest BCUT2D eigenvalue weighted by Crippen LogP contribution is -2.23. The number of methoxy groups -OCH3 is 2. The lowest BCUT2D eigenvalue weighted by molar-refractivity contribution is 0.355. The summed E-state index contributed by atoms with van der Waals surface area (Å²) in [5.41, 5.74) is 3.55. The Hall–Kier alpha value is -2.12. The predicted octanol–water partition coefficient (Wildman–Crippen LogP) is 3.09. The van der Waals surface area contributed by atoms with Crippen molar-refractivity contribution in [3.63, 3.8) is 0 Å². The van der Waals surface area contributed by atoms with E-state index in [0.717, 1.165) is 10.6 Å². The third-order valence-corrected chi connectivity index (χ3v) is 3.54. The number of hydrazone groups is 1. The Morgan fingerprint density at radius 3 is 2.71 bits per heavy atom. The Bertz CT molecular complexity index is 627. The predicted molar refractivity (Wildman–Crippen MR) is 90.8 cm³/mol. The van der Waals surface area contributed by atoms with Crippen LogP contribution in [0.2, 0.25) is 0 Å². The molecular formula is C14H15N3O2S2. The zero-order chi connectivity index (χ0) is 15.1. The van der Waals surface area contributed by atoms with E-state index in [1.165, 1.54) is 0 Å². The van der Waals surface area contributed by atoms with Crippen LogP contribution in [-0.2, 0) is 0 Å². The second-order valence-corrected chi connectivity index (χ2v) is 5.30. The van der Waals surface area contributed by atoms with E-state index in [0.29, 0.717) is 16.6 Å². The third-order valence-electron chi connectivity index (χ3n) is 2.54. The maximum absolute atomic E-state index is 5.23. The fraction of sp³-hybridized carbons (Fsp3) is 0.143. The lowest BCUT2D eigenvalue weighted by Gasteiger charge is -2.11. The fourth-order valence-corrected chi connectivity index (χ4v) is 2.35. The van der Waals surface area contributed by atoms with Gasteiger partial charge in [-0.2, -0.15) is 5.10 Å².